The van der Waals surface area contributed by atoms with Crippen molar-refractivity contribution in [1.29, 1.82) is 0 Å². The third kappa shape index (κ3) is 3.66. The summed E-state index contributed by atoms with van der Waals surface area (Å²) in [5, 5.41) is 4.86. The first-order chi connectivity index (χ1) is 11.2. The quantitative estimate of drug-likeness (QED) is 0.779. The predicted molar refractivity (Wildman–Crippen MR) is 99.5 cm³/mol. The van der Waals surface area contributed by atoms with Crippen LogP contribution in [0, 0.1) is 5.92 Å². The molecule has 2 aromatic rings. The number of aryl methyl sites for hydroxylation is 1. The van der Waals surface area contributed by atoms with E-state index in [0.29, 0.717) is 0 Å². The molecule has 23 heavy (non-hydrogen) atoms. The molecule has 2 aromatic heterocycles. The Balaban J connectivity index is 1.72. The zero-order chi connectivity index (χ0) is 16.2. The van der Waals surface area contributed by atoms with E-state index in [-0.39, 0.29) is 0 Å². The summed E-state index contributed by atoms with van der Waals surface area (Å²) in [6.45, 7) is 11.2. The second-order valence-corrected chi connectivity index (χ2v) is 7.65. The molecule has 0 bridgehead atoms. The molecule has 0 radical (unpaired) electrons. The van der Waals surface area contributed by atoms with E-state index in [1.165, 1.54) is 35.1 Å². The number of rotatable bonds is 7. The smallest absolute Gasteiger partial charge is 0.138 e. The van der Waals surface area contributed by atoms with E-state index in [1.807, 2.05) is 11.3 Å². The molecule has 0 saturated carbocycles. The molecule has 0 unspecified atom stereocenters. The van der Waals surface area contributed by atoms with Gasteiger partial charge in [0.2, 0.25) is 0 Å². The minimum atomic E-state index is 0.774. The van der Waals surface area contributed by atoms with E-state index < -0.39 is 0 Å². The van der Waals surface area contributed by atoms with Gasteiger partial charge in [-0.15, -0.1) is 11.3 Å². The molecule has 1 N–H and O–H groups in total. The van der Waals surface area contributed by atoms with Gasteiger partial charge in [0, 0.05) is 11.4 Å². The molecule has 0 aliphatic heterocycles. The van der Waals surface area contributed by atoms with Crippen LogP contribution in [0.4, 0.5) is 5.82 Å². The molecule has 1 aliphatic rings. The topological polar surface area (TPSA) is 41.0 Å². The molecular weight excluding hydrogens is 304 g/mol. The monoisotopic (exact) mass is 332 g/mol. The van der Waals surface area contributed by atoms with E-state index in [0.717, 1.165) is 49.2 Å². The van der Waals surface area contributed by atoms with Crippen LogP contribution in [0.3, 0.4) is 0 Å². The maximum absolute atomic E-state index is 4.54. The van der Waals surface area contributed by atoms with Gasteiger partial charge in [0.25, 0.3) is 0 Å². The van der Waals surface area contributed by atoms with Crippen LogP contribution in [0.25, 0.3) is 10.2 Å². The van der Waals surface area contributed by atoms with Crippen molar-refractivity contribution in [3.63, 3.8) is 0 Å². The Morgan fingerprint density at radius 3 is 2.91 bits per heavy atom. The summed E-state index contributed by atoms with van der Waals surface area (Å²) in [6, 6.07) is 0. The molecule has 126 valence electrons. The lowest BCUT2D eigenvalue weighted by atomic mass is 9.88. The fourth-order valence-corrected chi connectivity index (χ4v) is 4.65. The van der Waals surface area contributed by atoms with Gasteiger partial charge < -0.3 is 10.2 Å². The van der Waals surface area contributed by atoms with Crippen molar-refractivity contribution in [3.8, 4) is 0 Å². The Kier molecular flexibility index (Phi) is 5.49. The molecule has 0 spiro atoms. The molecule has 4 nitrogen and oxygen atoms in total. The van der Waals surface area contributed by atoms with Crippen LogP contribution in [0.15, 0.2) is 6.33 Å². The van der Waals surface area contributed by atoms with Gasteiger partial charge in [-0.05, 0) is 56.8 Å². The van der Waals surface area contributed by atoms with Crippen LogP contribution in [0.1, 0.15) is 44.1 Å². The summed E-state index contributed by atoms with van der Waals surface area (Å²) in [4.78, 5) is 14.2. The summed E-state index contributed by atoms with van der Waals surface area (Å²) in [6.07, 6.45) is 6.55. The molecule has 0 fully saturated rings. The van der Waals surface area contributed by atoms with Crippen molar-refractivity contribution in [3.05, 3.63) is 16.8 Å². The highest BCUT2D eigenvalue weighted by atomic mass is 32.1. The van der Waals surface area contributed by atoms with E-state index in [2.05, 4.69) is 41.0 Å². The number of fused-ring (bicyclic) bond motifs is 3. The average molecular weight is 333 g/mol. The van der Waals surface area contributed by atoms with Gasteiger partial charge in [0.1, 0.15) is 17.0 Å². The minimum absolute atomic E-state index is 0.774. The first-order valence-electron chi connectivity index (χ1n) is 8.94. The second-order valence-electron chi connectivity index (χ2n) is 6.56. The normalized spacial score (nSPS) is 17.7. The van der Waals surface area contributed by atoms with Crippen LogP contribution in [0.5, 0.6) is 0 Å². The number of nitrogens with zero attached hydrogens (tertiary/aromatic N) is 3. The molecule has 0 aromatic carbocycles. The molecule has 5 heteroatoms. The standard InChI is InChI=1S/C18H28N4S/c1-4-22(5-2)10-6-9-19-17-16-14-11-13(3)7-8-15(14)23-18(16)21-12-20-17/h12-13H,4-11H2,1-3H3,(H,19,20,21)/t13-/m1/s1. The highest BCUT2D eigenvalue weighted by Gasteiger charge is 2.22. The molecule has 0 amide bonds. The summed E-state index contributed by atoms with van der Waals surface area (Å²) >= 11 is 1.87. The second kappa shape index (κ2) is 7.58. The third-order valence-corrected chi connectivity index (χ3v) is 6.13. The lowest BCUT2D eigenvalue weighted by Crippen LogP contribution is -2.25. The van der Waals surface area contributed by atoms with E-state index in [9.17, 15) is 0 Å². The van der Waals surface area contributed by atoms with Gasteiger partial charge in [-0.2, -0.15) is 0 Å². The number of anilines is 1. The third-order valence-electron chi connectivity index (χ3n) is 4.93. The van der Waals surface area contributed by atoms with Gasteiger partial charge >= 0.3 is 0 Å². The zero-order valence-corrected chi connectivity index (χ0v) is 15.4. The fraction of sp³-hybridized carbons (Fsp3) is 0.667. The largest absolute Gasteiger partial charge is 0.369 e. The van der Waals surface area contributed by atoms with E-state index >= 15 is 0 Å². The first kappa shape index (κ1) is 16.7. The SMILES string of the molecule is CCN(CC)CCCNc1ncnc2sc3c(c12)C[C@H](C)CC3. The van der Waals surface area contributed by atoms with Crippen LogP contribution < -0.4 is 5.32 Å². The molecule has 1 aliphatic carbocycles. The lowest BCUT2D eigenvalue weighted by Gasteiger charge is -2.19. The van der Waals surface area contributed by atoms with Crippen molar-refractivity contribution in [2.24, 2.45) is 5.92 Å². The van der Waals surface area contributed by atoms with Crippen molar-refractivity contribution in [2.75, 3.05) is 31.5 Å². The van der Waals surface area contributed by atoms with Crippen molar-refractivity contribution < 1.29 is 0 Å². The van der Waals surface area contributed by atoms with Crippen LogP contribution in [-0.2, 0) is 12.8 Å². The molecule has 0 saturated heterocycles. The summed E-state index contributed by atoms with van der Waals surface area (Å²) in [7, 11) is 0. The first-order valence-corrected chi connectivity index (χ1v) is 9.76. The average Bonchev–Trinajstić information content (AvgIpc) is 2.93. The van der Waals surface area contributed by atoms with Gasteiger partial charge in [0.15, 0.2) is 0 Å². The van der Waals surface area contributed by atoms with Crippen molar-refractivity contribution >= 4 is 27.4 Å². The molecular formula is C18H28N4S. The summed E-state index contributed by atoms with van der Waals surface area (Å²) in [5.74, 6) is 1.82. The van der Waals surface area contributed by atoms with E-state index in [4.69, 9.17) is 0 Å². The Labute approximate surface area is 143 Å². The highest BCUT2D eigenvalue weighted by molar-refractivity contribution is 7.19. The molecule has 2 heterocycles. The maximum Gasteiger partial charge on any atom is 0.138 e. The van der Waals surface area contributed by atoms with Gasteiger partial charge in [0.05, 0.1) is 5.39 Å². The number of aromatic nitrogens is 2. The molecule has 3 rings (SSSR count). The van der Waals surface area contributed by atoms with Crippen molar-refractivity contribution in [1.82, 2.24) is 14.9 Å². The predicted octanol–water partition coefficient (Wildman–Crippen LogP) is 3.96. The Morgan fingerprint density at radius 1 is 1.30 bits per heavy atom. The number of hydrogen-bond donors (Lipinski definition) is 1. The van der Waals surface area contributed by atoms with Crippen LogP contribution in [0.2, 0.25) is 0 Å². The highest BCUT2D eigenvalue weighted by Crippen LogP contribution is 2.39. The number of hydrogen-bond acceptors (Lipinski definition) is 5. The zero-order valence-electron chi connectivity index (χ0n) is 14.6. The Bertz CT molecular complexity index is 648. The van der Waals surface area contributed by atoms with Gasteiger partial charge in [-0.25, -0.2) is 9.97 Å². The summed E-state index contributed by atoms with van der Waals surface area (Å²) in [5.41, 5.74) is 1.51. The number of nitrogens with one attached hydrogen (secondary N) is 1. The molecule has 1 atom stereocenters. The maximum atomic E-state index is 4.54. The number of thiophene rings is 1. The fourth-order valence-electron chi connectivity index (χ4n) is 3.47. The van der Waals surface area contributed by atoms with Crippen LogP contribution in [-0.4, -0.2) is 41.0 Å². The lowest BCUT2D eigenvalue weighted by molar-refractivity contribution is 0.303. The van der Waals surface area contributed by atoms with Crippen molar-refractivity contribution in [2.45, 2.75) is 46.5 Å². The minimum Gasteiger partial charge on any atom is -0.369 e. The van der Waals surface area contributed by atoms with Crippen LogP contribution >= 0.6 is 11.3 Å². The van der Waals surface area contributed by atoms with E-state index in [1.54, 1.807) is 6.33 Å². The van der Waals surface area contributed by atoms with Gasteiger partial charge in [-0.1, -0.05) is 20.8 Å². The Hall–Kier alpha value is -1.20. The Morgan fingerprint density at radius 2 is 2.13 bits per heavy atom. The summed E-state index contributed by atoms with van der Waals surface area (Å²) < 4.78 is 0. The van der Waals surface area contributed by atoms with Gasteiger partial charge in [-0.3, -0.25) is 0 Å².